The van der Waals surface area contributed by atoms with E-state index in [0.29, 0.717) is 6.54 Å². The minimum absolute atomic E-state index is 0.187. The van der Waals surface area contributed by atoms with Gasteiger partial charge in [0.15, 0.2) is 0 Å². The Morgan fingerprint density at radius 1 is 1.29 bits per heavy atom. The van der Waals surface area contributed by atoms with Gasteiger partial charge in [-0.25, -0.2) is 0 Å². The molecule has 0 bridgehead atoms. The van der Waals surface area contributed by atoms with Gasteiger partial charge in [-0.05, 0) is 31.2 Å². The molecule has 1 aromatic rings. The van der Waals surface area contributed by atoms with Crippen molar-refractivity contribution in [2.75, 3.05) is 19.6 Å². The van der Waals surface area contributed by atoms with E-state index in [9.17, 15) is 4.79 Å². The summed E-state index contributed by atoms with van der Waals surface area (Å²) in [6.45, 7) is 2.29. The third-order valence-electron chi connectivity index (χ3n) is 4.73. The molecule has 1 aliphatic heterocycles. The zero-order valence-electron chi connectivity index (χ0n) is 12.2. The van der Waals surface area contributed by atoms with Crippen molar-refractivity contribution in [1.29, 1.82) is 5.26 Å². The highest BCUT2D eigenvalue weighted by atomic mass is 16.2. The first-order valence-corrected chi connectivity index (χ1v) is 7.70. The molecule has 21 heavy (non-hydrogen) atoms. The molecule has 2 fully saturated rings. The first-order valence-electron chi connectivity index (χ1n) is 7.70. The summed E-state index contributed by atoms with van der Waals surface area (Å²) < 4.78 is 0. The van der Waals surface area contributed by atoms with E-state index in [1.54, 1.807) is 0 Å². The maximum absolute atomic E-state index is 12.6. The molecule has 1 saturated carbocycles. The Morgan fingerprint density at radius 3 is 2.52 bits per heavy atom. The largest absolute Gasteiger partial charge is 0.353 e. The molecule has 0 radical (unpaired) electrons. The minimum atomic E-state index is -0.273. The molecule has 1 saturated heterocycles. The number of hydrogen-bond donors (Lipinski definition) is 1. The number of nitriles is 1. The molecule has 1 aromatic carbocycles. The van der Waals surface area contributed by atoms with Crippen molar-refractivity contribution >= 4 is 5.91 Å². The van der Waals surface area contributed by atoms with Gasteiger partial charge in [0.25, 0.3) is 0 Å². The first-order chi connectivity index (χ1) is 10.2. The van der Waals surface area contributed by atoms with Crippen LogP contribution >= 0.6 is 0 Å². The van der Waals surface area contributed by atoms with E-state index in [2.05, 4.69) is 28.4 Å². The second-order valence-corrected chi connectivity index (χ2v) is 6.13. The van der Waals surface area contributed by atoms with Crippen LogP contribution in [-0.4, -0.2) is 36.5 Å². The minimum Gasteiger partial charge on any atom is -0.353 e. The molecule has 1 aliphatic carbocycles. The summed E-state index contributed by atoms with van der Waals surface area (Å²) in [6.07, 6.45) is 3.79. The van der Waals surface area contributed by atoms with Crippen LogP contribution in [0.3, 0.4) is 0 Å². The summed E-state index contributed by atoms with van der Waals surface area (Å²) in [7, 11) is 0. The van der Waals surface area contributed by atoms with Crippen molar-refractivity contribution in [3.63, 3.8) is 0 Å². The van der Waals surface area contributed by atoms with Gasteiger partial charge < -0.3 is 5.32 Å². The average Bonchev–Trinajstić information content (AvgIpc) is 3.32. The van der Waals surface area contributed by atoms with E-state index in [1.165, 1.54) is 0 Å². The Labute approximate surface area is 125 Å². The van der Waals surface area contributed by atoms with Crippen LogP contribution in [0.2, 0.25) is 0 Å². The Hall–Kier alpha value is -1.86. The van der Waals surface area contributed by atoms with Crippen molar-refractivity contribution < 1.29 is 4.79 Å². The number of carbonyl (C=O) groups is 1. The smallest absolute Gasteiger partial charge is 0.230 e. The van der Waals surface area contributed by atoms with E-state index >= 15 is 0 Å². The van der Waals surface area contributed by atoms with Crippen LogP contribution < -0.4 is 5.32 Å². The fourth-order valence-corrected chi connectivity index (χ4v) is 3.19. The highest BCUT2D eigenvalue weighted by molar-refractivity contribution is 5.91. The molecule has 0 aromatic heterocycles. The van der Waals surface area contributed by atoms with Crippen LogP contribution in [0.25, 0.3) is 0 Å². The predicted molar refractivity (Wildman–Crippen MR) is 80.6 cm³/mol. The summed E-state index contributed by atoms with van der Waals surface area (Å²) in [5, 5.41) is 11.9. The molecule has 0 unspecified atom stereocenters. The van der Waals surface area contributed by atoms with Crippen molar-refractivity contribution in [3.8, 4) is 6.07 Å². The Balaban J connectivity index is 1.57. The van der Waals surface area contributed by atoms with Gasteiger partial charge in [0.05, 0.1) is 18.0 Å². The molecule has 4 heteroatoms. The lowest BCUT2D eigenvalue weighted by atomic mass is 9.94. The Kier molecular flexibility index (Phi) is 3.94. The van der Waals surface area contributed by atoms with Crippen LogP contribution in [-0.2, 0) is 10.2 Å². The molecule has 2 aliphatic rings. The zero-order valence-corrected chi connectivity index (χ0v) is 12.2. The molecular weight excluding hydrogens is 262 g/mol. The Morgan fingerprint density at radius 2 is 1.95 bits per heavy atom. The van der Waals surface area contributed by atoms with Crippen molar-refractivity contribution in [2.45, 2.75) is 37.1 Å². The normalized spacial score (nSPS) is 21.5. The molecule has 1 amide bonds. The molecule has 0 spiro atoms. The lowest BCUT2D eigenvalue weighted by Crippen LogP contribution is -2.47. The van der Waals surface area contributed by atoms with Crippen LogP contribution in [0.5, 0.6) is 0 Å². The van der Waals surface area contributed by atoms with E-state index in [0.717, 1.165) is 44.3 Å². The monoisotopic (exact) mass is 283 g/mol. The standard InChI is InChI=1S/C17H21N3O/c18-10-13-20-11-6-15(7-12-20)19-16(21)17(8-9-17)14-4-2-1-3-5-14/h1-5,15H,6-9,11-13H2,(H,19,21). The van der Waals surface area contributed by atoms with E-state index in [-0.39, 0.29) is 17.4 Å². The second-order valence-electron chi connectivity index (χ2n) is 6.13. The first kappa shape index (κ1) is 14.1. The highest BCUT2D eigenvalue weighted by Gasteiger charge is 2.51. The number of piperidine rings is 1. The number of nitrogens with zero attached hydrogens (tertiary/aromatic N) is 2. The van der Waals surface area contributed by atoms with Gasteiger partial charge in [0, 0.05) is 19.1 Å². The fourth-order valence-electron chi connectivity index (χ4n) is 3.19. The van der Waals surface area contributed by atoms with Crippen LogP contribution in [0.4, 0.5) is 0 Å². The third-order valence-corrected chi connectivity index (χ3v) is 4.73. The average molecular weight is 283 g/mol. The van der Waals surface area contributed by atoms with E-state index < -0.39 is 0 Å². The molecule has 3 rings (SSSR count). The molecular formula is C17H21N3O. The number of carbonyl (C=O) groups excluding carboxylic acids is 1. The number of nitrogens with one attached hydrogen (secondary N) is 1. The summed E-state index contributed by atoms with van der Waals surface area (Å²) in [4.78, 5) is 14.8. The van der Waals surface area contributed by atoms with Crippen LogP contribution in [0, 0.1) is 11.3 Å². The lowest BCUT2D eigenvalue weighted by Gasteiger charge is -2.31. The topological polar surface area (TPSA) is 56.1 Å². The second kappa shape index (κ2) is 5.87. The van der Waals surface area contributed by atoms with Crippen molar-refractivity contribution in [3.05, 3.63) is 35.9 Å². The van der Waals surface area contributed by atoms with Crippen molar-refractivity contribution in [2.24, 2.45) is 0 Å². The summed E-state index contributed by atoms with van der Waals surface area (Å²) in [5.74, 6) is 0.187. The zero-order chi connectivity index (χ0) is 14.7. The lowest BCUT2D eigenvalue weighted by molar-refractivity contribution is -0.124. The molecule has 1 N–H and O–H groups in total. The number of benzene rings is 1. The van der Waals surface area contributed by atoms with Gasteiger partial charge in [-0.15, -0.1) is 0 Å². The highest BCUT2D eigenvalue weighted by Crippen LogP contribution is 2.48. The fraction of sp³-hybridized carbons (Fsp3) is 0.529. The molecule has 1 heterocycles. The number of amides is 1. The van der Waals surface area contributed by atoms with E-state index in [4.69, 9.17) is 5.26 Å². The van der Waals surface area contributed by atoms with Crippen LogP contribution in [0.15, 0.2) is 30.3 Å². The SMILES string of the molecule is N#CCN1CCC(NC(=O)C2(c3ccccc3)CC2)CC1. The van der Waals surface area contributed by atoms with Crippen LogP contribution in [0.1, 0.15) is 31.2 Å². The molecule has 110 valence electrons. The molecule has 4 nitrogen and oxygen atoms in total. The van der Waals surface area contributed by atoms with Gasteiger partial charge in [-0.2, -0.15) is 5.26 Å². The van der Waals surface area contributed by atoms with Gasteiger partial charge in [0.2, 0.25) is 5.91 Å². The van der Waals surface area contributed by atoms with Gasteiger partial charge in [0.1, 0.15) is 0 Å². The van der Waals surface area contributed by atoms with Gasteiger partial charge in [-0.3, -0.25) is 9.69 Å². The third kappa shape index (κ3) is 2.93. The predicted octanol–water partition coefficient (Wildman–Crippen LogP) is 1.82. The van der Waals surface area contributed by atoms with Gasteiger partial charge in [-0.1, -0.05) is 30.3 Å². The van der Waals surface area contributed by atoms with Gasteiger partial charge >= 0.3 is 0 Å². The summed E-state index contributed by atoms with van der Waals surface area (Å²) in [6, 6.07) is 12.6. The van der Waals surface area contributed by atoms with E-state index in [1.807, 2.05) is 18.2 Å². The maximum atomic E-state index is 12.6. The number of likely N-dealkylation sites (tertiary alicyclic amines) is 1. The molecule has 0 atom stereocenters. The summed E-state index contributed by atoms with van der Waals surface area (Å²) in [5.41, 5.74) is 0.870. The Bertz CT molecular complexity index is 537. The van der Waals surface area contributed by atoms with Crippen molar-refractivity contribution in [1.82, 2.24) is 10.2 Å². The maximum Gasteiger partial charge on any atom is 0.230 e. The number of hydrogen-bond acceptors (Lipinski definition) is 3. The summed E-state index contributed by atoms with van der Waals surface area (Å²) >= 11 is 0. The number of rotatable bonds is 4. The quantitative estimate of drug-likeness (QED) is 0.858.